The molecular weight excluding hydrogens is 218 g/mol. The van der Waals surface area contributed by atoms with Crippen LogP contribution < -0.4 is 10.9 Å². The number of H-pyrrole nitrogens is 1. The first kappa shape index (κ1) is 10.5. The molecule has 6 nitrogen and oxygen atoms in total. The van der Waals surface area contributed by atoms with Crippen molar-refractivity contribution in [2.45, 2.75) is 26.3 Å². The van der Waals surface area contributed by atoms with Crippen LogP contribution in [0.5, 0.6) is 0 Å². The fourth-order valence-corrected chi connectivity index (χ4v) is 2.35. The zero-order valence-electron chi connectivity index (χ0n) is 9.90. The first-order valence-electron chi connectivity index (χ1n) is 5.85. The van der Waals surface area contributed by atoms with Crippen LogP contribution in [-0.4, -0.2) is 26.1 Å². The van der Waals surface area contributed by atoms with Crippen molar-refractivity contribution in [3.05, 3.63) is 27.9 Å². The maximum Gasteiger partial charge on any atom is 0.274 e. The predicted octanol–water partition coefficient (Wildman–Crippen LogP) is 0.397. The maximum atomic E-state index is 11.7. The van der Waals surface area contributed by atoms with Crippen molar-refractivity contribution in [3.63, 3.8) is 0 Å². The average Bonchev–Trinajstić information content (AvgIpc) is 2.83. The van der Waals surface area contributed by atoms with E-state index in [4.69, 9.17) is 0 Å². The van der Waals surface area contributed by atoms with Crippen LogP contribution in [0.4, 0.5) is 0 Å². The van der Waals surface area contributed by atoms with Crippen molar-refractivity contribution in [2.24, 2.45) is 5.92 Å². The molecule has 2 atom stereocenters. The van der Waals surface area contributed by atoms with Crippen molar-refractivity contribution in [1.82, 2.24) is 24.9 Å². The van der Waals surface area contributed by atoms with Crippen LogP contribution >= 0.6 is 0 Å². The number of aromatic nitrogens is 4. The number of hydrogen-bond acceptors (Lipinski definition) is 4. The Balaban J connectivity index is 2.13. The third-order valence-electron chi connectivity index (χ3n) is 3.30. The summed E-state index contributed by atoms with van der Waals surface area (Å²) in [5.74, 6) is 1.77. The van der Waals surface area contributed by atoms with Gasteiger partial charge in [0.15, 0.2) is 0 Å². The Morgan fingerprint density at radius 2 is 2.29 bits per heavy atom. The van der Waals surface area contributed by atoms with E-state index >= 15 is 0 Å². The van der Waals surface area contributed by atoms with E-state index in [-0.39, 0.29) is 11.6 Å². The minimum atomic E-state index is -0.114. The standard InChI is InChI=1S/C11H15N5O/c1-6-3-4-12-9(6)10-14-11-13-7(2)5-8(17)16(11)15-10/h5-6,9,12H,3-4H2,1-2H3,(H,13,14,15). The van der Waals surface area contributed by atoms with Gasteiger partial charge in [-0.2, -0.15) is 9.50 Å². The van der Waals surface area contributed by atoms with Gasteiger partial charge in [-0.1, -0.05) is 6.92 Å². The molecule has 1 aliphatic rings. The van der Waals surface area contributed by atoms with Crippen molar-refractivity contribution < 1.29 is 0 Å². The van der Waals surface area contributed by atoms with Gasteiger partial charge in [0.1, 0.15) is 5.82 Å². The predicted molar refractivity (Wildman–Crippen MR) is 62.9 cm³/mol. The molecule has 0 amide bonds. The minimum absolute atomic E-state index is 0.114. The Kier molecular flexibility index (Phi) is 2.25. The van der Waals surface area contributed by atoms with E-state index in [0.717, 1.165) is 18.8 Å². The number of aromatic amines is 1. The summed E-state index contributed by atoms with van der Waals surface area (Å²) < 4.78 is 1.40. The molecule has 17 heavy (non-hydrogen) atoms. The quantitative estimate of drug-likeness (QED) is 0.747. The van der Waals surface area contributed by atoms with Gasteiger partial charge in [-0.15, -0.1) is 0 Å². The van der Waals surface area contributed by atoms with Gasteiger partial charge in [-0.3, -0.25) is 9.89 Å². The highest BCUT2D eigenvalue weighted by Crippen LogP contribution is 2.26. The SMILES string of the molecule is Cc1cc(=O)n2[nH]c(C3NCCC3C)nc2n1. The molecule has 0 aliphatic carbocycles. The highest BCUT2D eigenvalue weighted by atomic mass is 16.1. The van der Waals surface area contributed by atoms with Crippen molar-refractivity contribution in [3.8, 4) is 0 Å². The lowest BCUT2D eigenvalue weighted by atomic mass is 10.0. The van der Waals surface area contributed by atoms with E-state index in [1.54, 1.807) is 6.92 Å². The van der Waals surface area contributed by atoms with Crippen molar-refractivity contribution in [2.75, 3.05) is 6.54 Å². The zero-order valence-corrected chi connectivity index (χ0v) is 9.90. The largest absolute Gasteiger partial charge is 0.307 e. The van der Waals surface area contributed by atoms with Crippen molar-refractivity contribution in [1.29, 1.82) is 0 Å². The molecule has 3 rings (SSSR count). The van der Waals surface area contributed by atoms with E-state index in [1.165, 1.54) is 10.6 Å². The average molecular weight is 233 g/mol. The van der Waals surface area contributed by atoms with Crippen LogP contribution in [0.1, 0.15) is 30.9 Å². The van der Waals surface area contributed by atoms with E-state index in [1.807, 2.05) is 0 Å². The fourth-order valence-electron chi connectivity index (χ4n) is 2.35. The van der Waals surface area contributed by atoms with Crippen LogP contribution in [0.2, 0.25) is 0 Å². The second-order valence-electron chi connectivity index (χ2n) is 4.68. The molecule has 2 aromatic rings. The minimum Gasteiger partial charge on any atom is -0.307 e. The third kappa shape index (κ3) is 1.64. The lowest BCUT2D eigenvalue weighted by molar-refractivity contribution is 0.479. The van der Waals surface area contributed by atoms with E-state index in [9.17, 15) is 4.79 Å². The first-order chi connectivity index (χ1) is 8.15. The summed E-state index contributed by atoms with van der Waals surface area (Å²) in [5.41, 5.74) is 0.581. The number of nitrogens with one attached hydrogen (secondary N) is 2. The summed E-state index contributed by atoms with van der Waals surface area (Å²) >= 11 is 0. The summed E-state index contributed by atoms with van der Waals surface area (Å²) in [6, 6.07) is 1.69. The molecule has 2 N–H and O–H groups in total. The Labute approximate surface area is 98.1 Å². The molecule has 0 aromatic carbocycles. The highest BCUT2D eigenvalue weighted by Gasteiger charge is 2.27. The summed E-state index contributed by atoms with van der Waals surface area (Å²) in [6.45, 7) is 4.97. The number of hydrogen-bond donors (Lipinski definition) is 2. The molecule has 1 aliphatic heterocycles. The third-order valence-corrected chi connectivity index (χ3v) is 3.30. The van der Waals surface area contributed by atoms with Crippen LogP contribution in [0.15, 0.2) is 10.9 Å². The number of nitrogens with zero attached hydrogens (tertiary/aromatic N) is 3. The van der Waals surface area contributed by atoms with Gasteiger partial charge in [0, 0.05) is 11.8 Å². The summed E-state index contributed by atoms with van der Waals surface area (Å²) in [5, 5.41) is 6.41. The summed E-state index contributed by atoms with van der Waals surface area (Å²) in [4.78, 5) is 20.4. The Bertz CT molecular complexity index is 614. The zero-order chi connectivity index (χ0) is 12.0. The van der Waals surface area contributed by atoms with Crippen molar-refractivity contribution >= 4 is 5.78 Å². The molecule has 2 aromatic heterocycles. The van der Waals surface area contributed by atoms with Crippen LogP contribution in [0.25, 0.3) is 5.78 Å². The molecular formula is C11H15N5O. The summed E-state index contributed by atoms with van der Waals surface area (Å²) in [6.07, 6.45) is 1.13. The lowest BCUT2D eigenvalue weighted by Gasteiger charge is -2.11. The summed E-state index contributed by atoms with van der Waals surface area (Å²) in [7, 11) is 0. The van der Waals surface area contributed by atoms with Gasteiger partial charge >= 0.3 is 0 Å². The Hall–Kier alpha value is -1.69. The van der Waals surface area contributed by atoms with Gasteiger partial charge < -0.3 is 5.32 Å². The Morgan fingerprint density at radius 1 is 1.47 bits per heavy atom. The van der Waals surface area contributed by atoms with E-state index in [0.29, 0.717) is 17.4 Å². The molecule has 0 saturated carbocycles. The number of aryl methyl sites for hydroxylation is 1. The van der Waals surface area contributed by atoms with E-state index < -0.39 is 0 Å². The molecule has 1 saturated heterocycles. The van der Waals surface area contributed by atoms with Crippen LogP contribution in [0.3, 0.4) is 0 Å². The molecule has 0 bridgehead atoms. The van der Waals surface area contributed by atoms with Gasteiger partial charge in [0.25, 0.3) is 11.3 Å². The molecule has 1 fully saturated rings. The van der Waals surface area contributed by atoms with Gasteiger partial charge in [0.2, 0.25) is 0 Å². The molecule has 0 spiro atoms. The topological polar surface area (TPSA) is 75.1 Å². The van der Waals surface area contributed by atoms with Crippen LogP contribution in [0, 0.1) is 12.8 Å². The smallest absolute Gasteiger partial charge is 0.274 e. The Morgan fingerprint density at radius 3 is 3.00 bits per heavy atom. The van der Waals surface area contributed by atoms with Gasteiger partial charge in [-0.25, -0.2) is 4.98 Å². The molecule has 6 heteroatoms. The second kappa shape index (κ2) is 3.66. The lowest BCUT2D eigenvalue weighted by Crippen LogP contribution is -2.19. The van der Waals surface area contributed by atoms with Gasteiger partial charge in [0.05, 0.1) is 6.04 Å². The molecule has 90 valence electrons. The van der Waals surface area contributed by atoms with Gasteiger partial charge in [-0.05, 0) is 25.8 Å². The second-order valence-corrected chi connectivity index (χ2v) is 4.68. The molecule has 2 unspecified atom stereocenters. The van der Waals surface area contributed by atoms with Crippen LogP contribution in [-0.2, 0) is 0 Å². The molecule has 3 heterocycles. The number of rotatable bonds is 1. The highest BCUT2D eigenvalue weighted by molar-refractivity contribution is 5.28. The fraction of sp³-hybridized carbons (Fsp3) is 0.545. The first-order valence-corrected chi connectivity index (χ1v) is 5.85. The normalized spacial score (nSPS) is 24.6. The monoisotopic (exact) mass is 233 g/mol. The maximum absolute atomic E-state index is 11.7. The number of fused-ring (bicyclic) bond motifs is 1. The molecule has 0 radical (unpaired) electrons. The van der Waals surface area contributed by atoms with E-state index in [2.05, 4.69) is 27.3 Å².